The average molecular weight is 414 g/mol. The van der Waals surface area contributed by atoms with Gasteiger partial charge in [-0.05, 0) is 79.8 Å². The molecule has 3 N–H and O–H groups in total. The molecule has 0 fully saturated rings. The summed E-state index contributed by atoms with van der Waals surface area (Å²) in [4.78, 5) is 8.14. The van der Waals surface area contributed by atoms with E-state index in [-0.39, 0.29) is 11.7 Å². The molecule has 164 valence electrons. The molecule has 0 aliphatic carbocycles. The highest BCUT2D eigenvalue weighted by Crippen LogP contribution is 2.26. The quantitative estimate of drug-likeness (QED) is 0.181. The number of hydrazone groups is 1. The molecule has 0 radical (unpaired) electrons. The second-order valence-electron chi connectivity index (χ2n) is 7.25. The van der Waals surface area contributed by atoms with E-state index < -0.39 is 0 Å². The Bertz CT molecular complexity index is 737. The summed E-state index contributed by atoms with van der Waals surface area (Å²) in [5.41, 5.74) is 3.18. The van der Waals surface area contributed by atoms with Gasteiger partial charge in [0.05, 0.1) is 0 Å². The Kier molecular flexibility index (Phi) is 13.6. The van der Waals surface area contributed by atoms with Crippen molar-refractivity contribution in [2.45, 2.75) is 58.3 Å². The van der Waals surface area contributed by atoms with Gasteiger partial charge in [-0.15, -0.1) is 0 Å². The fraction of sp³-hybridized carbons (Fsp3) is 0.458. The Balaban J connectivity index is 2.72. The van der Waals surface area contributed by atoms with E-state index >= 15 is 0 Å². The number of benzene rings is 1. The lowest BCUT2D eigenvalue weighted by molar-refractivity contribution is 0.609. The Morgan fingerprint density at radius 2 is 2.13 bits per heavy atom. The topological polar surface area (TPSA) is 75.1 Å². The Labute approximate surface area is 180 Å². The molecule has 0 aliphatic rings. The highest BCUT2D eigenvalue weighted by Gasteiger charge is 2.11. The van der Waals surface area contributed by atoms with Crippen LogP contribution in [0, 0.1) is 5.82 Å². The van der Waals surface area contributed by atoms with E-state index in [9.17, 15) is 4.39 Å². The Morgan fingerprint density at radius 3 is 2.87 bits per heavy atom. The number of hydrogen-bond acceptors (Lipinski definition) is 5. The van der Waals surface area contributed by atoms with Crippen molar-refractivity contribution in [3.63, 3.8) is 0 Å². The summed E-state index contributed by atoms with van der Waals surface area (Å²) in [5.74, 6) is 5.22. The summed E-state index contributed by atoms with van der Waals surface area (Å²) in [6.45, 7) is 9.42. The first kappa shape index (κ1) is 25.3. The Morgan fingerprint density at radius 1 is 1.30 bits per heavy atom. The van der Waals surface area contributed by atoms with Gasteiger partial charge in [-0.25, -0.2) is 4.39 Å². The number of unbranched alkanes of at least 4 members (excludes halogenated alkanes) is 2. The molecule has 0 amide bonds. The van der Waals surface area contributed by atoms with Crippen molar-refractivity contribution >= 4 is 19.1 Å². The fourth-order valence-electron chi connectivity index (χ4n) is 3.10. The van der Waals surface area contributed by atoms with Gasteiger partial charge in [0, 0.05) is 38.1 Å². The van der Waals surface area contributed by atoms with E-state index in [1.807, 2.05) is 25.3 Å². The number of halogens is 1. The first-order chi connectivity index (χ1) is 14.6. The molecule has 0 aromatic heterocycles. The summed E-state index contributed by atoms with van der Waals surface area (Å²) < 4.78 is 13.8. The molecular weight excluding hydrogens is 377 g/mol. The van der Waals surface area contributed by atoms with E-state index in [0.29, 0.717) is 6.42 Å². The maximum Gasteiger partial charge on any atom is 0.126 e. The number of nitrogens with two attached hydrogens (primary N) is 1. The first-order valence-corrected chi connectivity index (χ1v) is 10.6. The lowest BCUT2D eigenvalue weighted by Gasteiger charge is -2.16. The zero-order valence-electron chi connectivity index (χ0n) is 18.4. The van der Waals surface area contributed by atoms with Gasteiger partial charge in [0.25, 0.3) is 0 Å². The zero-order chi connectivity index (χ0) is 22.0. The average Bonchev–Trinajstić information content (AvgIpc) is 2.75. The number of aliphatic imine (C=N–C) groups is 2. The summed E-state index contributed by atoms with van der Waals surface area (Å²) in [6.07, 6.45) is 14.4. The summed E-state index contributed by atoms with van der Waals surface area (Å²) >= 11 is 0. The van der Waals surface area contributed by atoms with Crippen molar-refractivity contribution in [3.05, 3.63) is 59.2 Å². The number of hydrogen-bond donors (Lipinski definition) is 2. The van der Waals surface area contributed by atoms with Gasteiger partial charge in [0.15, 0.2) is 0 Å². The van der Waals surface area contributed by atoms with Gasteiger partial charge in [-0.3, -0.25) is 4.99 Å². The van der Waals surface area contributed by atoms with Crippen LogP contribution in [0.5, 0.6) is 0 Å². The number of nitrogens with zero attached hydrogens (tertiary/aromatic N) is 3. The van der Waals surface area contributed by atoms with Gasteiger partial charge in [-0.1, -0.05) is 26.0 Å². The van der Waals surface area contributed by atoms with Gasteiger partial charge in [-0.2, -0.15) is 5.10 Å². The van der Waals surface area contributed by atoms with E-state index in [1.54, 1.807) is 18.3 Å². The number of allylic oxidation sites excluding steroid dienone is 2. The SMILES string of the molecule is C=NCCCCCN/C=C(/CC=N/C=C\C=N/N)CC(C)c1ccc(F)c(CC)c1. The Hall–Kier alpha value is -2.76. The molecule has 1 atom stereocenters. The molecule has 0 aliphatic heterocycles. The van der Waals surface area contributed by atoms with Crippen LogP contribution in [-0.4, -0.2) is 32.2 Å². The minimum atomic E-state index is -0.127. The molecule has 1 aromatic carbocycles. The molecule has 1 rings (SSSR count). The van der Waals surface area contributed by atoms with Gasteiger partial charge in [0.1, 0.15) is 5.82 Å². The van der Waals surface area contributed by atoms with Crippen molar-refractivity contribution in [2.75, 3.05) is 13.1 Å². The van der Waals surface area contributed by atoms with Gasteiger partial charge >= 0.3 is 0 Å². The summed E-state index contributed by atoms with van der Waals surface area (Å²) in [7, 11) is 0. The first-order valence-electron chi connectivity index (χ1n) is 10.6. The number of nitrogens with one attached hydrogen (secondary N) is 1. The molecule has 0 saturated carbocycles. The lowest BCUT2D eigenvalue weighted by atomic mass is 9.91. The highest BCUT2D eigenvalue weighted by molar-refractivity contribution is 5.71. The predicted molar refractivity (Wildman–Crippen MR) is 128 cm³/mol. The van der Waals surface area contributed by atoms with Crippen LogP contribution in [0.15, 0.2) is 57.3 Å². The molecular formula is C24H36FN5. The van der Waals surface area contributed by atoms with Crippen LogP contribution in [0.25, 0.3) is 0 Å². The third kappa shape index (κ3) is 10.7. The molecule has 0 saturated heterocycles. The molecule has 1 aromatic rings. The van der Waals surface area contributed by atoms with Crippen LogP contribution in [0.3, 0.4) is 0 Å². The third-order valence-electron chi connectivity index (χ3n) is 4.83. The maximum absolute atomic E-state index is 13.8. The van der Waals surface area contributed by atoms with Crippen molar-refractivity contribution < 1.29 is 4.39 Å². The molecule has 0 heterocycles. The number of aryl methyl sites for hydroxylation is 1. The van der Waals surface area contributed by atoms with Gasteiger partial charge < -0.3 is 16.2 Å². The van der Waals surface area contributed by atoms with Crippen molar-refractivity contribution in [2.24, 2.45) is 20.9 Å². The second-order valence-corrected chi connectivity index (χ2v) is 7.25. The van der Waals surface area contributed by atoms with Crippen LogP contribution in [0.1, 0.15) is 63.0 Å². The van der Waals surface area contributed by atoms with Gasteiger partial charge in [0.2, 0.25) is 0 Å². The second kappa shape index (κ2) is 16.1. The lowest BCUT2D eigenvalue weighted by Crippen LogP contribution is -2.10. The van der Waals surface area contributed by atoms with Crippen molar-refractivity contribution in [3.8, 4) is 0 Å². The highest BCUT2D eigenvalue weighted by atomic mass is 19.1. The largest absolute Gasteiger partial charge is 0.391 e. The molecule has 5 nitrogen and oxygen atoms in total. The van der Waals surface area contributed by atoms with Crippen LogP contribution in [0.2, 0.25) is 0 Å². The third-order valence-corrected chi connectivity index (χ3v) is 4.83. The molecule has 0 bridgehead atoms. The zero-order valence-corrected chi connectivity index (χ0v) is 18.4. The standard InChI is InChI=1S/C24H36FN5/c1-4-22-18-23(9-10-24(22)25)20(2)17-21(11-16-28-14-8-15-30-26)19-29-13-7-5-6-12-27-3/h8-10,14-16,18-20,29H,3-7,11-13,17,26H2,1-2H3/b14-8-,21-19-,28-16?,30-15-. The van der Waals surface area contributed by atoms with Crippen LogP contribution < -0.4 is 11.2 Å². The van der Waals surface area contributed by atoms with Crippen molar-refractivity contribution in [1.82, 2.24) is 5.32 Å². The van der Waals surface area contributed by atoms with Crippen LogP contribution in [-0.2, 0) is 6.42 Å². The predicted octanol–water partition coefficient (Wildman–Crippen LogP) is 5.15. The normalized spacial score (nSPS) is 13.5. The maximum atomic E-state index is 13.8. The molecule has 0 spiro atoms. The number of rotatable bonds is 15. The summed E-state index contributed by atoms with van der Waals surface area (Å²) in [6, 6.07) is 5.46. The minimum absolute atomic E-state index is 0.127. The van der Waals surface area contributed by atoms with E-state index in [2.05, 4.69) is 40.2 Å². The molecule has 6 heteroatoms. The molecule has 30 heavy (non-hydrogen) atoms. The van der Waals surface area contributed by atoms with E-state index in [4.69, 9.17) is 5.84 Å². The molecule has 1 unspecified atom stereocenters. The van der Waals surface area contributed by atoms with Crippen LogP contribution >= 0.6 is 0 Å². The fourth-order valence-corrected chi connectivity index (χ4v) is 3.10. The monoisotopic (exact) mass is 413 g/mol. The van der Waals surface area contributed by atoms with E-state index in [1.165, 1.54) is 11.8 Å². The van der Waals surface area contributed by atoms with Crippen LogP contribution in [0.4, 0.5) is 4.39 Å². The van der Waals surface area contributed by atoms with Crippen molar-refractivity contribution in [1.29, 1.82) is 0 Å². The smallest absolute Gasteiger partial charge is 0.126 e. The summed E-state index contributed by atoms with van der Waals surface area (Å²) in [5, 5.41) is 6.82. The minimum Gasteiger partial charge on any atom is -0.391 e. The van der Waals surface area contributed by atoms with E-state index in [0.717, 1.165) is 56.3 Å².